The van der Waals surface area contributed by atoms with Crippen molar-refractivity contribution in [1.29, 1.82) is 0 Å². The van der Waals surface area contributed by atoms with E-state index < -0.39 is 0 Å². The molecule has 158 valence electrons. The van der Waals surface area contributed by atoms with E-state index in [1.807, 2.05) is 12.1 Å². The van der Waals surface area contributed by atoms with E-state index in [1.54, 1.807) is 24.7 Å². The van der Waals surface area contributed by atoms with Crippen molar-refractivity contribution in [2.75, 3.05) is 18.4 Å². The summed E-state index contributed by atoms with van der Waals surface area (Å²) in [4.78, 5) is 28.0. The molecule has 2 N–H and O–H groups in total. The molecule has 3 aromatic rings. The predicted octanol–water partition coefficient (Wildman–Crippen LogP) is 3.08. The second kappa shape index (κ2) is 9.21. The maximum absolute atomic E-state index is 12.8. The van der Waals surface area contributed by atoms with Crippen LogP contribution < -0.4 is 10.9 Å². The lowest BCUT2D eigenvalue weighted by molar-refractivity contribution is 0.103. The van der Waals surface area contributed by atoms with Crippen molar-refractivity contribution < 1.29 is 0 Å². The molecule has 0 spiro atoms. The first-order valence-electron chi connectivity index (χ1n) is 10.7. The van der Waals surface area contributed by atoms with Gasteiger partial charge in [0.2, 0.25) is 0 Å². The molecule has 3 aromatic heterocycles. The van der Waals surface area contributed by atoms with Gasteiger partial charge in [-0.05, 0) is 39.2 Å². The van der Waals surface area contributed by atoms with Gasteiger partial charge in [-0.1, -0.05) is 12.5 Å². The molecule has 1 aliphatic rings. The zero-order valence-electron chi connectivity index (χ0n) is 17.6. The van der Waals surface area contributed by atoms with Gasteiger partial charge in [0.1, 0.15) is 12.1 Å². The Kier molecular flexibility index (Phi) is 6.23. The van der Waals surface area contributed by atoms with E-state index in [2.05, 4.69) is 44.1 Å². The smallest absolute Gasteiger partial charge is 0.280 e. The maximum atomic E-state index is 12.8. The Hall–Kier alpha value is -3.00. The molecule has 8 nitrogen and oxygen atoms in total. The third-order valence-corrected chi connectivity index (χ3v) is 5.90. The van der Waals surface area contributed by atoms with Gasteiger partial charge in [-0.25, -0.2) is 14.6 Å². The Labute approximate surface area is 176 Å². The normalized spacial score (nSPS) is 19.7. The number of likely N-dealkylation sites (tertiary alicyclic amines) is 1. The first-order chi connectivity index (χ1) is 14.6. The number of aromatic nitrogens is 5. The number of hydrogen-bond donors (Lipinski definition) is 2. The average molecular weight is 408 g/mol. The fourth-order valence-electron chi connectivity index (χ4n) is 4.23. The Balaban J connectivity index is 1.39. The van der Waals surface area contributed by atoms with Crippen molar-refractivity contribution in [3.63, 3.8) is 0 Å². The monoisotopic (exact) mass is 407 g/mol. The van der Waals surface area contributed by atoms with Crippen LogP contribution in [0.4, 0.5) is 5.82 Å². The van der Waals surface area contributed by atoms with Crippen LogP contribution in [0.25, 0.3) is 16.9 Å². The van der Waals surface area contributed by atoms with E-state index in [1.165, 1.54) is 30.3 Å². The van der Waals surface area contributed by atoms with Gasteiger partial charge >= 0.3 is 0 Å². The summed E-state index contributed by atoms with van der Waals surface area (Å²) in [6, 6.07) is 6.78. The SMILES string of the molecule is CC1CCCC(C)N1CCCNc1cc(-n2[nH]cc(-c3cccnc3)c2=O)ncn1. The minimum atomic E-state index is -0.166. The third-order valence-electron chi connectivity index (χ3n) is 5.90. The lowest BCUT2D eigenvalue weighted by Crippen LogP contribution is -2.44. The number of pyridine rings is 1. The number of nitrogens with zero attached hydrogens (tertiary/aromatic N) is 5. The Bertz CT molecular complexity index is 1000. The molecule has 2 atom stereocenters. The zero-order valence-corrected chi connectivity index (χ0v) is 17.6. The molecular weight excluding hydrogens is 378 g/mol. The van der Waals surface area contributed by atoms with Crippen molar-refractivity contribution in [2.45, 2.75) is 51.6 Å². The number of nitrogens with one attached hydrogen (secondary N) is 2. The number of aromatic amines is 1. The van der Waals surface area contributed by atoms with Crippen LogP contribution in [0.2, 0.25) is 0 Å². The fraction of sp³-hybridized carbons (Fsp3) is 0.455. The molecule has 1 aliphatic heterocycles. The quantitative estimate of drug-likeness (QED) is 0.585. The lowest BCUT2D eigenvalue weighted by Gasteiger charge is -2.39. The third kappa shape index (κ3) is 4.43. The van der Waals surface area contributed by atoms with Crippen molar-refractivity contribution >= 4 is 5.82 Å². The van der Waals surface area contributed by atoms with Gasteiger partial charge in [0, 0.05) is 55.4 Å². The van der Waals surface area contributed by atoms with Crippen LogP contribution in [0.15, 0.2) is 47.9 Å². The first kappa shape index (κ1) is 20.3. The highest BCUT2D eigenvalue weighted by molar-refractivity contribution is 5.60. The largest absolute Gasteiger partial charge is 0.370 e. The molecule has 0 amide bonds. The summed E-state index contributed by atoms with van der Waals surface area (Å²) < 4.78 is 1.42. The van der Waals surface area contributed by atoms with Gasteiger partial charge in [0.15, 0.2) is 5.82 Å². The van der Waals surface area contributed by atoms with Crippen LogP contribution in [-0.4, -0.2) is 54.8 Å². The minimum absolute atomic E-state index is 0.166. The summed E-state index contributed by atoms with van der Waals surface area (Å²) in [7, 11) is 0. The molecule has 1 fully saturated rings. The molecule has 2 unspecified atom stereocenters. The molecule has 30 heavy (non-hydrogen) atoms. The maximum Gasteiger partial charge on any atom is 0.280 e. The van der Waals surface area contributed by atoms with Gasteiger partial charge in [-0.3, -0.25) is 19.8 Å². The molecule has 0 aromatic carbocycles. The number of anilines is 1. The Morgan fingerprint density at radius 1 is 1.23 bits per heavy atom. The van der Waals surface area contributed by atoms with Crippen molar-refractivity contribution in [1.82, 2.24) is 29.6 Å². The topological polar surface area (TPSA) is 91.7 Å². The molecule has 1 saturated heterocycles. The standard InChI is InChI=1S/C22H29N7O/c1-16-6-3-7-17(2)28(16)11-5-10-24-20-12-21(26-15-25-20)29-22(30)19(14-27-29)18-8-4-9-23-13-18/h4,8-9,12-17,27H,3,5-7,10-11H2,1-2H3,(H,24,25,26). The van der Waals surface area contributed by atoms with Crippen LogP contribution in [-0.2, 0) is 0 Å². The molecule has 0 radical (unpaired) electrons. The summed E-state index contributed by atoms with van der Waals surface area (Å²) in [5, 5.41) is 6.35. The number of rotatable bonds is 7. The Morgan fingerprint density at radius 3 is 2.83 bits per heavy atom. The van der Waals surface area contributed by atoms with Crippen LogP contribution in [0, 0.1) is 0 Å². The molecular formula is C22H29N7O. The molecule has 8 heteroatoms. The summed E-state index contributed by atoms with van der Waals surface area (Å²) in [5.74, 6) is 1.22. The molecule has 4 rings (SSSR count). The number of hydrogen-bond acceptors (Lipinski definition) is 6. The van der Waals surface area contributed by atoms with Crippen molar-refractivity contribution in [3.8, 4) is 16.9 Å². The summed E-state index contributed by atoms with van der Waals surface area (Å²) >= 11 is 0. The van der Waals surface area contributed by atoms with E-state index in [-0.39, 0.29) is 5.56 Å². The fourth-order valence-corrected chi connectivity index (χ4v) is 4.23. The van der Waals surface area contributed by atoms with Crippen molar-refractivity contribution in [3.05, 3.63) is 53.5 Å². The predicted molar refractivity (Wildman–Crippen MR) is 118 cm³/mol. The van der Waals surface area contributed by atoms with Crippen LogP contribution in [0.3, 0.4) is 0 Å². The van der Waals surface area contributed by atoms with E-state index in [0.717, 1.165) is 25.1 Å². The van der Waals surface area contributed by atoms with E-state index in [0.29, 0.717) is 29.3 Å². The highest BCUT2D eigenvalue weighted by Crippen LogP contribution is 2.22. The molecule has 4 heterocycles. The second-order valence-electron chi connectivity index (χ2n) is 7.98. The summed E-state index contributed by atoms with van der Waals surface area (Å²) in [5.41, 5.74) is 1.16. The van der Waals surface area contributed by atoms with E-state index >= 15 is 0 Å². The van der Waals surface area contributed by atoms with Gasteiger partial charge in [0.25, 0.3) is 5.56 Å². The Morgan fingerprint density at radius 2 is 2.07 bits per heavy atom. The summed E-state index contributed by atoms with van der Waals surface area (Å²) in [6.07, 6.45) is 11.5. The van der Waals surface area contributed by atoms with Gasteiger partial charge < -0.3 is 5.32 Å². The molecule has 0 aliphatic carbocycles. The van der Waals surface area contributed by atoms with Gasteiger partial charge in [0.05, 0.1) is 5.56 Å². The first-order valence-corrected chi connectivity index (χ1v) is 10.7. The second-order valence-corrected chi connectivity index (χ2v) is 7.98. The molecule has 0 bridgehead atoms. The van der Waals surface area contributed by atoms with Crippen LogP contribution in [0.1, 0.15) is 39.5 Å². The highest BCUT2D eigenvalue weighted by atomic mass is 16.1. The minimum Gasteiger partial charge on any atom is -0.370 e. The van der Waals surface area contributed by atoms with Gasteiger partial charge in [-0.2, -0.15) is 0 Å². The number of piperidine rings is 1. The van der Waals surface area contributed by atoms with Crippen LogP contribution in [0.5, 0.6) is 0 Å². The van der Waals surface area contributed by atoms with E-state index in [4.69, 9.17) is 0 Å². The van der Waals surface area contributed by atoms with Crippen LogP contribution >= 0.6 is 0 Å². The van der Waals surface area contributed by atoms with E-state index in [9.17, 15) is 4.79 Å². The highest BCUT2D eigenvalue weighted by Gasteiger charge is 2.23. The average Bonchev–Trinajstić information content (AvgIpc) is 3.15. The van der Waals surface area contributed by atoms with Gasteiger partial charge in [-0.15, -0.1) is 0 Å². The summed E-state index contributed by atoms with van der Waals surface area (Å²) in [6.45, 7) is 6.56. The lowest BCUT2D eigenvalue weighted by atomic mass is 9.97. The number of H-pyrrole nitrogens is 1. The molecule has 0 saturated carbocycles. The van der Waals surface area contributed by atoms with Crippen molar-refractivity contribution in [2.24, 2.45) is 0 Å². The zero-order chi connectivity index (χ0) is 20.9.